The summed E-state index contributed by atoms with van der Waals surface area (Å²) in [6, 6.07) is 4.61. The van der Waals surface area contributed by atoms with Gasteiger partial charge in [-0.25, -0.2) is 4.79 Å². The lowest BCUT2D eigenvalue weighted by Crippen LogP contribution is -2.33. The molecular weight excluding hydrogens is 234 g/mol. The van der Waals surface area contributed by atoms with Crippen molar-refractivity contribution in [2.75, 3.05) is 30.3 Å². The normalized spacial score (nSPS) is 16.0. The first-order valence-electron chi connectivity index (χ1n) is 5.72. The fourth-order valence-corrected chi connectivity index (χ4v) is 2.00. The van der Waals surface area contributed by atoms with Crippen molar-refractivity contribution in [2.24, 2.45) is 0 Å². The van der Waals surface area contributed by atoms with Crippen LogP contribution in [0.2, 0.25) is 0 Å². The number of aromatic carboxylic acids is 1. The van der Waals surface area contributed by atoms with Crippen LogP contribution in [0.3, 0.4) is 0 Å². The maximum atomic E-state index is 11.5. The highest BCUT2D eigenvalue weighted by Crippen LogP contribution is 2.24. The van der Waals surface area contributed by atoms with Crippen LogP contribution in [-0.4, -0.2) is 36.6 Å². The Morgan fingerprint density at radius 1 is 1.44 bits per heavy atom. The molecule has 1 aromatic rings. The van der Waals surface area contributed by atoms with E-state index in [9.17, 15) is 9.59 Å². The second-order valence-corrected chi connectivity index (χ2v) is 4.21. The zero-order valence-electron chi connectivity index (χ0n) is 9.85. The van der Waals surface area contributed by atoms with Gasteiger partial charge in [0.2, 0.25) is 5.91 Å². The lowest BCUT2D eigenvalue weighted by atomic mass is 10.1. The summed E-state index contributed by atoms with van der Waals surface area (Å²) in [5.74, 6) is -1.12. The molecule has 0 unspecified atom stereocenters. The van der Waals surface area contributed by atoms with Crippen molar-refractivity contribution in [1.82, 2.24) is 5.32 Å². The van der Waals surface area contributed by atoms with Gasteiger partial charge < -0.3 is 21.1 Å². The summed E-state index contributed by atoms with van der Waals surface area (Å²) < 4.78 is 0. The maximum absolute atomic E-state index is 11.5. The molecule has 6 nitrogen and oxygen atoms in total. The second kappa shape index (κ2) is 4.95. The molecule has 6 heteroatoms. The van der Waals surface area contributed by atoms with Crippen molar-refractivity contribution in [2.45, 2.75) is 6.42 Å². The van der Waals surface area contributed by atoms with Crippen molar-refractivity contribution >= 4 is 23.3 Å². The van der Waals surface area contributed by atoms with Crippen molar-refractivity contribution in [3.8, 4) is 0 Å². The molecular formula is C12H15N3O3. The van der Waals surface area contributed by atoms with Crippen molar-refractivity contribution in [1.29, 1.82) is 0 Å². The molecule has 0 bridgehead atoms. The molecule has 1 amide bonds. The molecule has 1 fully saturated rings. The zero-order chi connectivity index (χ0) is 13.1. The molecule has 0 aliphatic carbocycles. The molecule has 1 aliphatic rings. The highest BCUT2D eigenvalue weighted by Gasteiger charge is 2.20. The summed E-state index contributed by atoms with van der Waals surface area (Å²) in [5.41, 5.74) is 6.84. The summed E-state index contributed by atoms with van der Waals surface area (Å²) in [6.07, 6.45) is 0.777. The first kappa shape index (κ1) is 12.2. The number of anilines is 2. The molecule has 0 saturated carbocycles. The Kier molecular flexibility index (Phi) is 3.36. The van der Waals surface area contributed by atoms with Gasteiger partial charge in [0, 0.05) is 18.8 Å². The first-order valence-corrected chi connectivity index (χ1v) is 5.72. The van der Waals surface area contributed by atoms with Crippen LogP contribution >= 0.6 is 0 Å². The number of benzene rings is 1. The van der Waals surface area contributed by atoms with Gasteiger partial charge in [0.1, 0.15) is 0 Å². The molecule has 1 saturated heterocycles. The largest absolute Gasteiger partial charge is 0.478 e. The predicted octanol–water partition coefficient (Wildman–Crippen LogP) is 0.293. The minimum atomic E-state index is -1.02. The molecule has 1 aromatic carbocycles. The molecule has 96 valence electrons. The first-order chi connectivity index (χ1) is 8.58. The Labute approximate surface area is 104 Å². The van der Waals surface area contributed by atoms with Crippen molar-refractivity contribution in [3.05, 3.63) is 23.8 Å². The second-order valence-electron chi connectivity index (χ2n) is 4.21. The standard InChI is InChI=1S/C12H15N3O3/c13-8-2-3-9(12(17)18)10(6-8)15-5-1-4-14-11(16)7-15/h2-3,6H,1,4-5,7,13H2,(H,14,16)(H,17,18). The Hall–Kier alpha value is -2.24. The number of hydrogen-bond acceptors (Lipinski definition) is 4. The Bertz CT molecular complexity index is 487. The van der Waals surface area contributed by atoms with Crippen LogP contribution in [0.4, 0.5) is 11.4 Å². The third-order valence-electron chi connectivity index (χ3n) is 2.85. The molecule has 2 rings (SSSR count). The monoisotopic (exact) mass is 249 g/mol. The van der Waals surface area contributed by atoms with Gasteiger partial charge in [-0.2, -0.15) is 0 Å². The lowest BCUT2D eigenvalue weighted by molar-refractivity contribution is -0.119. The van der Waals surface area contributed by atoms with Crippen LogP contribution in [-0.2, 0) is 4.79 Å². The van der Waals surface area contributed by atoms with E-state index in [4.69, 9.17) is 10.8 Å². The molecule has 0 spiro atoms. The minimum absolute atomic E-state index is 0.105. The average Bonchev–Trinajstić information content (AvgIpc) is 2.53. The summed E-state index contributed by atoms with van der Waals surface area (Å²) in [7, 11) is 0. The molecule has 1 aliphatic heterocycles. The highest BCUT2D eigenvalue weighted by molar-refractivity contribution is 5.96. The summed E-state index contributed by atoms with van der Waals surface area (Å²) >= 11 is 0. The molecule has 1 heterocycles. The van der Waals surface area contributed by atoms with Gasteiger partial charge in [0.15, 0.2) is 0 Å². The maximum Gasteiger partial charge on any atom is 0.337 e. The topological polar surface area (TPSA) is 95.7 Å². The van der Waals surface area contributed by atoms with E-state index in [-0.39, 0.29) is 18.0 Å². The number of carboxylic acids is 1. The summed E-state index contributed by atoms with van der Waals surface area (Å²) in [5, 5.41) is 11.9. The number of hydrogen-bond donors (Lipinski definition) is 3. The summed E-state index contributed by atoms with van der Waals surface area (Å²) in [6.45, 7) is 1.40. The average molecular weight is 249 g/mol. The van der Waals surface area contributed by atoms with Gasteiger partial charge in [-0.05, 0) is 24.6 Å². The van der Waals surface area contributed by atoms with E-state index in [1.54, 1.807) is 17.0 Å². The molecule has 18 heavy (non-hydrogen) atoms. The Morgan fingerprint density at radius 2 is 2.22 bits per heavy atom. The number of carboxylic acid groups (broad SMARTS) is 1. The fourth-order valence-electron chi connectivity index (χ4n) is 2.00. The molecule has 0 radical (unpaired) electrons. The third-order valence-corrected chi connectivity index (χ3v) is 2.85. The quantitative estimate of drug-likeness (QED) is 0.655. The predicted molar refractivity (Wildman–Crippen MR) is 67.7 cm³/mol. The van der Waals surface area contributed by atoms with Gasteiger partial charge in [-0.1, -0.05) is 0 Å². The Morgan fingerprint density at radius 3 is 2.94 bits per heavy atom. The van der Waals surface area contributed by atoms with Gasteiger partial charge in [-0.3, -0.25) is 4.79 Å². The van der Waals surface area contributed by atoms with Gasteiger partial charge in [0.25, 0.3) is 0 Å². The van der Waals surface area contributed by atoms with Crippen molar-refractivity contribution < 1.29 is 14.7 Å². The third kappa shape index (κ3) is 2.53. The molecule has 0 atom stereocenters. The molecule has 4 N–H and O–H groups in total. The van der Waals surface area contributed by atoms with Crippen molar-refractivity contribution in [3.63, 3.8) is 0 Å². The number of carbonyl (C=O) groups excluding carboxylic acids is 1. The van der Waals surface area contributed by atoms with E-state index in [1.165, 1.54) is 6.07 Å². The van der Waals surface area contributed by atoms with Crippen LogP contribution in [0.25, 0.3) is 0 Å². The van der Waals surface area contributed by atoms with Gasteiger partial charge in [0.05, 0.1) is 17.8 Å². The van der Waals surface area contributed by atoms with Crippen LogP contribution in [0.5, 0.6) is 0 Å². The minimum Gasteiger partial charge on any atom is -0.478 e. The van der Waals surface area contributed by atoms with Gasteiger partial charge in [-0.15, -0.1) is 0 Å². The number of nitrogens with one attached hydrogen (secondary N) is 1. The Balaban J connectivity index is 2.38. The smallest absolute Gasteiger partial charge is 0.337 e. The van der Waals surface area contributed by atoms with E-state index in [0.717, 1.165) is 6.42 Å². The van der Waals surface area contributed by atoms with E-state index in [1.807, 2.05) is 0 Å². The number of nitrogens with zero attached hydrogens (tertiary/aromatic N) is 1. The number of rotatable bonds is 2. The van der Waals surface area contributed by atoms with Crippen LogP contribution in [0.15, 0.2) is 18.2 Å². The van der Waals surface area contributed by atoms with E-state index >= 15 is 0 Å². The summed E-state index contributed by atoms with van der Waals surface area (Å²) in [4.78, 5) is 24.4. The number of nitrogens with two attached hydrogens (primary N) is 1. The van der Waals surface area contributed by atoms with Gasteiger partial charge >= 0.3 is 5.97 Å². The van der Waals surface area contributed by atoms with Crippen LogP contribution < -0.4 is 16.0 Å². The van der Waals surface area contributed by atoms with Crippen LogP contribution in [0.1, 0.15) is 16.8 Å². The number of amides is 1. The molecule has 0 aromatic heterocycles. The fraction of sp³-hybridized carbons (Fsp3) is 0.333. The highest BCUT2D eigenvalue weighted by atomic mass is 16.4. The van der Waals surface area contributed by atoms with Crippen LogP contribution in [0, 0.1) is 0 Å². The number of nitrogen functional groups attached to an aromatic ring is 1. The zero-order valence-corrected chi connectivity index (χ0v) is 9.85. The van der Waals surface area contributed by atoms with E-state index in [0.29, 0.717) is 24.5 Å². The SMILES string of the molecule is Nc1ccc(C(=O)O)c(N2CCCNC(=O)C2)c1. The lowest BCUT2D eigenvalue weighted by Gasteiger charge is -2.23. The van der Waals surface area contributed by atoms with E-state index < -0.39 is 5.97 Å². The number of carbonyl (C=O) groups is 2. The van der Waals surface area contributed by atoms with E-state index in [2.05, 4.69) is 5.32 Å².